The first-order valence-corrected chi connectivity index (χ1v) is 13.2. The number of aromatic hydroxyl groups is 1. The van der Waals surface area contributed by atoms with Gasteiger partial charge in [-0.2, -0.15) is 0 Å². The smallest absolute Gasteiger partial charge is 0.334 e. The van der Waals surface area contributed by atoms with Crippen LogP contribution >= 0.6 is 0 Å². The second kappa shape index (κ2) is 11.2. The van der Waals surface area contributed by atoms with Gasteiger partial charge in [0.05, 0.1) is 24.7 Å². The van der Waals surface area contributed by atoms with Crippen LogP contribution in [0.3, 0.4) is 0 Å². The Bertz CT molecular complexity index is 1190. The van der Waals surface area contributed by atoms with Crippen molar-refractivity contribution < 1.29 is 54.1 Å². The zero-order valence-electron chi connectivity index (χ0n) is 21.8. The Morgan fingerprint density at radius 1 is 1.00 bits per heavy atom. The van der Waals surface area contributed by atoms with Gasteiger partial charge in [-0.1, -0.05) is 25.3 Å². The lowest BCUT2D eigenvalue weighted by molar-refractivity contribution is -0.309. The Hall–Kier alpha value is -2.90. The van der Waals surface area contributed by atoms with Crippen LogP contribution in [0.25, 0.3) is 0 Å². The topological polar surface area (TPSA) is 172 Å². The number of phenolic OH excluding ortho intramolecular Hbond substituents is 1. The van der Waals surface area contributed by atoms with Gasteiger partial charge in [-0.15, -0.1) is 0 Å². The molecule has 2 saturated heterocycles. The minimum Gasteiger partial charge on any atom is -0.508 e. The number of benzene rings is 1. The molecule has 40 heavy (non-hydrogen) atoms. The van der Waals surface area contributed by atoms with Crippen molar-refractivity contribution in [1.29, 1.82) is 0 Å². The molecule has 1 aromatic rings. The number of carbonyl (C=O) groups is 2. The molecule has 2 heterocycles. The number of rotatable bonds is 7. The molecule has 2 aliphatic heterocycles. The van der Waals surface area contributed by atoms with Crippen LogP contribution in [0.2, 0.25) is 0 Å². The van der Waals surface area contributed by atoms with E-state index in [0.717, 1.165) is 5.57 Å². The zero-order valence-corrected chi connectivity index (χ0v) is 21.8. The molecule has 4 fully saturated rings. The van der Waals surface area contributed by atoms with E-state index in [1.807, 2.05) is 0 Å². The van der Waals surface area contributed by atoms with Crippen molar-refractivity contribution in [3.63, 3.8) is 0 Å². The van der Waals surface area contributed by atoms with E-state index in [4.69, 9.17) is 18.9 Å². The molecule has 11 nitrogen and oxygen atoms in total. The Labute approximate surface area is 230 Å². The van der Waals surface area contributed by atoms with Crippen LogP contribution in [0.5, 0.6) is 5.75 Å². The van der Waals surface area contributed by atoms with Crippen LogP contribution < -0.4 is 0 Å². The summed E-state index contributed by atoms with van der Waals surface area (Å²) in [6.07, 6.45) is -8.79. The van der Waals surface area contributed by atoms with E-state index in [1.54, 1.807) is 0 Å². The molecule has 11 atom stereocenters. The van der Waals surface area contributed by atoms with Crippen molar-refractivity contribution in [2.45, 2.75) is 61.9 Å². The van der Waals surface area contributed by atoms with Crippen LogP contribution in [0, 0.1) is 17.8 Å². The maximum Gasteiger partial charge on any atom is 0.334 e. The summed E-state index contributed by atoms with van der Waals surface area (Å²) in [5.74, 6) is -2.13. The number of hydrogen-bond acceptors (Lipinski definition) is 11. The largest absolute Gasteiger partial charge is 0.508 e. The fourth-order valence-corrected chi connectivity index (χ4v) is 6.23. The molecule has 0 radical (unpaired) electrons. The van der Waals surface area contributed by atoms with E-state index in [9.17, 15) is 35.1 Å². The van der Waals surface area contributed by atoms with Gasteiger partial charge in [0.2, 0.25) is 0 Å². The minimum atomic E-state index is -1.62. The first-order valence-electron chi connectivity index (χ1n) is 13.2. The predicted molar refractivity (Wildman–Crippen MR) is 138 cm³/mol. The fourth-order valence-electron chi connectivity index (χ4n) is 6.23. The molecule has 0 aromatic heterocycles. The highest BCUT2D eigenvalue weighted by Crippen LogP contribution is 2.53. The van der Waals surface area contributed by atoms with Crippen molar-refractivity contribution in [2.24, 2.45) is 17.8 Å². The number of hydrogen-bond donors (Lipinski definition) is 5. The first-order chi connectivity index (χ1) is 19.0. The summed E-state index contributed by atoms with van der Waals surface area (Å²) in [4.78, 5) is 24.6. The highest BCUT2D eigenvalue weighted by Gasteiger charge is 2.57. The number of esters is 1. The third kappa shape index (κ3) is 5.14. The van der Waals surface area contributed by atoms with Gasteiger partial charge in [-0.3, -0.25) is 4.79 Å². The quantitative estimate of drug-likeness (QED) is 0.136. The standard InChI is InChI=1S/C29H34O11/c1-12-8-18(31)23-14(3)28(36)40-27(23)22-13(2)20(9-17(12)22)38-29-26(35)25(34)24(33)21(39-29)11-37-10-19(32)15-4-6-16(30)7-5-15/h4-7,17-18,20-27,29-31,33-35H,1-3,8-11H2. The number of fused-ring (bicyclic) bond motifs is 3. The Kier molecular flexibility index (Phi) is 7.99. The van der Waals surface area contributed by atoms with Crippen LogP contribution in [-0.4, -0.2) is 99.5 Å². The second-order valence-electron chi connectivity index (χ2n) is 10.9. The molecule has 4 aliphatic rings. The van der Waals surface area contributed by atoms with Crippen LogP contribution in [0.1, 0.15) is 23.2 Å². The molecule has 5 N–H and O–H groups in total. The van der Waals surface area contributed by atoms with E-state index < -0.39 is 66.8 Å². The van der Waals surface area contributed by atoms with Crippen molar-refractivity contribution in [2.75, 3.05) is 13.2 Å². The predicted octanol–water partition coefficient (Wildman–Crippen LogP) is 0.395. The summed E-state index contributed by atoms with van der Waals surface area (Å²) in [5, 5.41) is 51.7. The normalized spacial score (nSPS) is 39.5. The third-order valence-corrected chi connectivity index (χ3v) is 8.44. The molecule has 1 aromatic carbocycles. The van der Waals surface area contributed by atoms with Gasteiger partial charge < -0.3 is 44.5 Å². The SMILES string of the molecule is C=C1CC(O)C2C(=C)C(=O)OC2C2C(=C)C(OC3OC(COCC(=O)c4ccc(O)cc4)C(O)C(O)C3O)CC12. The first kappa shape index (κ1) is 28.6. The lowest BCUT2D eigenvalue weighted by atomic mass is 9.81. The second-order valence-corrected chi connectivity index (χ2v) is 10.9. The molecule has 0 spiro atoms. The Morgan fingerprint density at radius 2 is 1.70 bits per heavy atom. The van der Waals surface area contributed by atoms with Crippen molar-refractivity contribution in [3.8, 4) is 5.75 Å². The van der Waals surface area contributed by atoms with Crippen molar-refractivity contribution in [3.05, 3.63) is 66.3 Å². The lowest BCUT2D eigenvalue weighted by Crippen LogP contribution is -2.60. The lowest BCUT2D eigenvalue weighted by Gasteiger charge is -2.41. The van der Waals surface area contributed by atoms with E-state index in [1.165, 1.54) is 24.3 Å². The molecule has 5 rings (SSSR count). The van der Waals surface area contributed by atoms with Gasteiger partial charge >= 0.3 is 5.97 Å². The number of Topliss-reactive ketones (excluding diaryl/α,β-unsaturated/α-hetero) is 1. The van der Waals surface area contributed by atoms with E-state index in [2.05, 4.69) is 19.7 Å². The van der Waals surface area contributed by atoms with Gasteiger partial charge in [0.1, 0.15) is 42.9 Å². The van der Waals surface area contributed by atoms with Crippen LogP contribution in [0.15, 0.2) is 60.7 Å². The minimum absolute atomic E-state index is 0.0194. The van der Waals surface area contributed by atoms with E-state index in [-0.39, 0.29) is 42.7 Å². The van der Waals surface area contributed by atoms with Gasteiger partial charge in [-0.25, -0.2) is 4.79 Å². The molecule has 11 unspecified atom stereocenters. The van der Waals surface area contributed by atoms with Crippen molar-refractivity contribution in [1.82, 2.24) is 0 Å². The fraction of sp³-hybridized carbons (Fsp3) is 0.517. The monoisotopic (exact) mass is 558 g/mol. The van der Waals surface area contributed by atoms with Crippen LogP contribution in [-0.2, 0) is 23.7 Å². The Morgan fingerprint density at radius 3 is 2.40 bits per heavy atom. The summed E-state index contributed by atoms with van der Waals surface area (Å²) in [7, 11) is 0. The number of ether oxygens (including phenoxy) is 4. The number of phenols is 1. The van der Waals surface area contributed by atoms with E-state index in [0.29, 0.717) is 17.6 Å². The summed E-state index contributed by atoms with van der Waals surface area (Å²) in [6.45, 7) is 11.5. The summed E-state index contributed by atoms with van der Waals surface area (Å²) >= 11 is 0. The number of carbonyl (C=O) groups excluding carboxylic acids is 2. The summed E-state index contributed by atoms with van der Waals surface area (Å²) in [6, 6.07) is 5.65. The highest BCUT2D eigenvalue weighted by molar-refractivity contribution is 5.97. The molecule has 216 valence electrons. The number of aliphatic hydroxyl groups excluding tert-OH is 4. The molecule has 11 heteroatoms. The van der Waals surface area contributed by atoms with Gasteiger partial charge in [0, 0.05) is 17.1 Å². The average Bonchev–Trinajstić information content (AvgIpc) is 3.36. The molecule has 0 amide bonds. The maximum atomic E-state index is 12.3. The van der Waals surface area contributed by atoms with Gasteiger partial charge in [-0.05, 0) is 48.6 Å². The molecular formula is C29H34O11. The Balaban J connectivity index is 1.24. The number of ketones is 1. The summed E-state index contributed by atoms with van der Waals surface area (Å²) in [5.41, 5.74) is 1.86. The average molecular weight is 559 g/mol. The summed E-state index contributed by atoms with van der Waals surface area (Å²) < 4.78 is 22.9. The maximum absolute atomic E-state index is 12.3. The van der Waals surface area contributed by atoms with E-state index >= 15 is 0 Å². The zero-order chi connectivity index (χ0) is 28.9. The molecule has 0 bridgehead atoms. The third-order valence-electron chi connectivity index (χ3n) is 8.44. The number of aliphatic hydroxyl groups is 4. The van der Waals surface area contributed by atoms with Crippen molar-refractivity contribution >= 4 is 11.8 Å². The molecule has 2 saturated carbocycles. The van der Waals surface area contributed by atoms with Gasteiger partial charge in [0.15, 0.2) is 12.1 Å². The van der Waals surface area contributed by atoms with Gasteiger partial charge in [0.25, 0.3) is 0 Å². The highest BCUT2D eigenvalue weighted by atomic mass is 16.7. The van der Waals surface area contributed by atoms with Crippen LogP contribution in [0.4, 0.5) is 0 Å². The molecular weight excluding hydrogens is 524 g/mol. The molecule has 2 aliphatic carbocycles.